The molecule has 0 spiro atoms. The topological polar surface area (TPSA) is 72.5 Å². The van der Waals surface area contributed by atoms with Gasteiger partial charge in [0.05, 0.1) is 13.7 Å². The summed E-state index contributed by atoms with van der Waals surface area (Å²) in [5.74, 6) is 1.06. The first kappa shape index (κ1) is 13.3. The van der Waals surface area contributed by atoms with E-state index in [0.717, 1.165) is 24.9 Å². The molecule has 0 radical (unpaired) electrons. The summed E-state index contributed by atoms with van der Waals surface area (Å²) in [6, 6.07) is 3.78. The lowest BCUT2D eigenvalue weighted by Gasteiger charge is -2.06. The van der Waals surface area contributed by atoms with Crippen molar-refractivity contribution in [1.82, 2.24) is 10.3 Å². The number of methoxy groups -OCH3 is 1. The van der Waals surface area contributed by atoms with Gasteiger partial charge >= 0.3 is 0 Å². The molecular weight excluding hydrogens is 216 g/mol. The molecule has 5 heteroatoms. The van der Waals surface area contributed by atoms with E-state index in [0.29, 0.717) is 18.4 Å². The number of nitrogens with one attached hydrogen (secondary N) is 1. The highest BCUT2D eigenvalue weighted by molar-refractivity contribution is 5.77. The Hall–Kier alpha value is -1.78. The molecule has 0 unspecified atom stereocenters. The van der Waals surface area contributed by atoms with Gasteiger partial charge in [0.15, 0.2) is 5.96 Å². The van der Waals surface area contributed by atoms with Crippen LogP contribution in [0.5, 0.6) is 5.88 Å². The van der Waals surface area contributed by atoms with Crippen molar-refractivity contribution in [3.63, 3.8) is 0 Å². The Bertz CT molecular complexity index is 365. The summed E-state index contributed by atoms with van der Waals surface area (Å²) in [4.78, 5) is 8.34. The van der Waals surface area contributed by atoms with Gasteiger partial charge in [-0.05, 0) is 12.5 Å². The smallest absolute Gasteiger partial charge is 0.218 e. The van der Waals surface area contributed by atoms with Crippen LogP contribution in [0, 0.1) is 0 Å². The molecule has 1 aromatic rings. The van der Waals surface area contributed by atoms with E-state index >= 15 is 0 Å². The number of guanidine groups is 1. The van der Waals surface area contributed by atoms with E-state index < -0.39 is 0 Å². The Morgan fingerprint density at radius 1 is 1.59 bits per heavy atom. The van der Waals surface area contributed by atoms with Crippen molar-refractivity contribution in [1.29, 1.82) is 0 Å². The quantitative estimate of drug-likeness (QED) is 0.443. The maximum atomic E-state index is 5.73. The van der Waals surface area contributed by atoms with Gasteiger partial charge in [-0.25, -0.2) is 9.98 Å². The molecule has 5 nitrogen and oxygen atoms in total. The number of ether oxygens (including phenoxy) is 1. The van der Waals surface area contributed by atoms with E-state index in [1.165, 1.54) is 0 Å². The summed E-state index contributed by atoms with van der Waals surface area (Å²) >= 11 is 0. The highest BCUT2D eigenvalue weighted by atomic mass is 16.5. The lowest BCUT2D eigenvalue weighted by atomic mass is 10.3. The number of pyridine rings is 1. The van der Waals surface area contributed by atoms with Crippen molar-refractivity contribution >= 4 is 5.96 Å². The lowest BCUT2D eigenvalue weighted by molar-refractivity contribution is 0.392. The number of aromatic nitrogens is 1. The van der Waals surface area contributed by atoms with E-state index in [9.17, 15) is 0 Å². The van der Waals surface area contributed by atoms with Gasteiger partial charge in [-0.1, -0.05) is 19.4 Å². The van der Waals surface area contributed by atoms with Gasteiger partial charge in [0.2, 0.25) is 5.88 Å². The molecule has 0 aliphatic rings. The average molecular weight is 236 g/mol. The molecule has 0 aliphatic heterocycles. The molecule has 0 saturated carbocycles. The number of hydrogen-bond donors (Lipinski definition) is 2. The van der Waals surface area contributed by atoms with Gasteiger partial charge in [-0.2, -0.15) is 0 Å². The van der Waals surface area contributed by atoms with Gasteiger partial charge in [0.1, 0.15) is 0 Å². The zero-order chi connectivity index (χ0) is 12.5. The first-order chi connectivity index (χ1) is 8.27. The Kier molecular flexibility index (Phi) is 5.85. The molecule has 1 aromatic heterocycles. The molecule has 17 heavy (non-hydrogen) atoms. The van der Waals surface area contributed by atoms with Crippen LogP contribution in [0.1, 0.15) is 25.3 Å². The molecular formula is C12H20N4O. The van der Waals surface area contributed by atoms with Crippen molar-refractivity contribution in [2.75, 3.05) is 13.7 Å². The molecule has 0 aliphatic carbocycles. The molecule has 3 N–H and O–H groups in total. The molecule has 1 rings (SSSR count). The number of nitrogens with zero attached hydrogens (tertiary/aromatic N) is 2. The minimum absolute atomic E-state index is 0.462. The number of unbranched alkanes of at least 4 members (excludes halogenated alkanes) is 1. The van der Waals surface area contributed by atoms with Crippen LogP contribution in [0.2, 0.25) is 0 Å². The van der Waals surface area contributed by atoms with Crippen molar-refractivity contribution < 1.29 is 4.74 Å². The van der Waals surface area contributed by atoms with Crippen LogP contribution in [-0.4, -0.2) is 24.6 Å². The van der Waals surface area contributed by atoms with Crippen LogP contribution in [0.4, 0.5) is 0 Å². The zero-order valence-corrected chi connectivity index (χ0v) is 10.4. The Morgan fingerprint density at radius 3 is 3.12 bits per heavy atom. The summed E-state index contributed by atoms with van der Waals surface area (Å²) in [5.41, 5.74) is 6.66. The lowest BCUT2D eigenvalue weighted by Crippen LogP contribution is -2.32. The number of nitrogens with two attached hydrogens (primary N) is 1. The molecule has 0 bridgehead atoms. The maximum Gasteiger partial charge on any atom is 0.218 e. The van der Waals surface area contributed by atoms with E-state index in [-0.39, 0.29) is 0 Å². The monoisotopic (exact) mass is 236 g/mol. The predicted octanol–water partition coefficient (Wildman–Crippen LogP) is 1.29. The summed E-state index contributed by atoms with van der Waals surface area (Å²) in [6.07, 6.45) is 3.91. The second kappa shape index (κ2) is 7.49. The van der Waals surface area contributed by atoms with Crippen molar-refractivity contribution in [3.05, 3.63) is 23.9 Å². The van der Waals surface area contributed by atoms with Crippen LogP contribution in [0.25, 0.3) is 0 Å². The second-order valence-corrected chi connectivity index (χ2v) is 3.65. The third-order valence-corrected chi connectivity index (χ3v) is 2.30. The normalized spacial score (nSPS) is 11.3. The van der Waals surface area contributed by atoms with Gasteiger partial charge in [0.25, 0.3) is 0 Å². The predicted molar refractivity (Wildman–Crippen MR) is 69.0 cm³/mol. The molecule has 0 saturated heterocycles. The SMILES string of the molecule is CCCCNC(N)=NCc1cccnc1OC. The van der Waals surface area contributed by atoms with Gasteiger partial charge in [-0.3, -0.25) is 0 Å². The summed E-state index contributed by atoms with van der Waals surface area (Å²) in [7, 11) is 1.60. The summed E-state index contributed by atoms with van der Waals surface area (Å²) in [6.45, 7) is 3.47. The standard InChI is InChI=1S/C12H20N4O/c1-3-4-7-15-12(13)16-9-10-6-5-8-14-11(10)17-2/h5-6,8H,3-4,7,9H2,1-2H3,(H3,13,15,16). The number of rotatable bonds is 6. The van der Waals surface area contributed by atoms with Crippen molar-refractivity contribution in [2.45, 2.75) is 26.3 Å². The number of aliphatic imine (C=N–C) groups is 1. The third kappa shape index (κ3) is 4.72. The van der Waals surface area contributed by atoms with Gasteiger partial charge in [0, 0.05) is 18.3 Å². The zero-order valence-electron chi connectivity index (χ0n) is 10.4. The molecule has 0 aromatic carbocycles. The van der Waals surface area contributed by atoms with E-state index in [2.05, 4.69) is 22.2 Å². The molecule has 94 valence electrons. The third-order valence-electron chi connectivity index (χ3n) is 2.30. The van der Waals surface area contributed by atoms with E-state index in [4.69, 9.17) is 10.5 Å². The minimum atomic E-state index is 0.462. The maximum absolute atomic E-state index is 5.73. The highest BCUT2D eigenvalue weighted by Gasteiger charge is 2.01. The first-order valence-corrected chi connectivity index (χ1v) is 5.79. The molecule has 0 fully saturated rings. The average Bonchev–Trinajstić information content (AvgIpc) is 2.37. The molecule has 0 amide bonds. The number of hydrogen-bond acceptors (Lipinski definition) is 3. The van der Waals surface area contributed by atoms with Crippen LogP contribution < -0.4 is 15.8 Å². The van der Waals surface area contributed by atoms with E-state index in [1.54, 1.807) is 13.3 Å². The highest BCUT2D eigenvalue weighted by Crippen LogP contribution is 2.14. The fraction of sp³-hybridized carbons (Fsp3) is 0.500. The largest absolute Gasteiger partial charge is 0.481 e. The van der Waals surface area contributed by atoms with Crippen molar-refractivity contribution in [3.8, 4) is 5.88 Å². The summed E-state index contributed by atoms with van der Waals surface area (Å²) in [5, 5.41) is 3.06. The fourth-order valence-corrected chi connectivity index (χ4v) is 1.35. The molecule has 1 heterocycles. The van der Waals surface area contributed by atoms with Crippen LogP contribution in [0.3, 0.4) is 0 Å². The first-order valence-electron chi connectivity index (χ1n) is 5.79. The van der Waals surface area contributed by atoms with Crippen LogP contribution in [0.15, 0.2) is 23.3 Å². The Balaban J connectivity index is 2.50. The van der Waals surface area contributed by atoms with Crippen LogP contribution in [-0.2, 0) is 6.54 Å². The van der Waals surface area contributed by atoms with Crippen LogP contribution >= 0.6 is 0 Å². The Labute approximate surface area is 102 Å². The summed E-state index contributed by atoms with van der Waals surface area (Å²) < 4.78 is 5.13. The fourth-order valence-electron chi connectivity index (χ4n) is 1.35. The minimum Gasteiger partial charge on any atom is -0.481 e. The molecule has 0 atom stereocenters. The second-order valence-electron chi connectivity index (χ2n) is 3.65. The van der Waals surface area contributed by atoms with Gasteiger partial charge < -0.3 is 15.8 Å². The van der Waals surface area contributed by atoms with E-state index in [1.807, 2.05) is 12.1 Å². The van der Waals surface area contributed by atoms with Gasteiger partial charge in [-0.15, -0.1) is 0 Å². The van der Waals surface area contributed by atoms with Crippen molar-refractivity contribution in [2.24, 2.45) is 10.7 Å². The Morgan fingerprint density at radius 2 is 2.41 bits per heavy atom.